The second-order valence-corrected chi connectivity index (χ2v) is 7.40. The van der Waals surface area contributed by atoms with Crippen LogP contribution in [-0.4, -0.2) is 51.4 Å². The van der Waals surface area contributed by atoms with Gasteiger partial charge in [-0.1, -0.05) is 26.0 Å². The van der Waals surface area contributed by atoms with E-state index < -0.39 is 0 Å². The Balaban J connectivity index is 1.93. The Morgan fingerprint density at radius 3 is 2.30 bits per heavy atom. The first-order chi connectivity index (χ1) is 14.6. The number of ketones is 1. The summed E-state index contributed by atoms with van der Waals surface area (Å²) in [6.45, 7) is 9.73. The van der Waals surface area contributed by atoms with E-state index in [1.807, 2.05) is 40.8 Å². The Morgan fingerprint density at radius 1 is 1.03 bits per heavy atom. The number of nitrogens with zero attached hydrogens (tertiary/aromatic N) is 4. The minimum Gasteiger partial charge on any atom is -0.497 e. The molecule has 156 valence electrons. The Morgan fingerprint density at radius 2 is 1.70 bits per heavy atom. The Kier molecular flexibility index (Phi) is 5.59. The fourth-order valence-electron chi connectivity index (χ4n) is 4.08. The van der Waals surface area contributed by atoms with Crippen molar-refractivity contribution in [1.82, 2.24) is 18.9 Å². The maximum atomic E-state index is 12.7. The van der Waals surface area contributed by atoms with Gasteiger partial charge in [0.1, 0.15) is 17.1 Å². The van der Waals surface area contributed by atoms with Gasteiger partial charge in [0.15, 0.2) is 5.78 Å². The van der Waals surface area contributed by atoms with Gasteiger partial charge in [-0.3, -0.25) is 9.20 Å². The number of hydrogen-bond donors (Lipinski definition) is 0. The van der Waals surface area contributed by atoms with Gasteiger partial charge in [-0.2, -0.15) is 0 Å². The fourth-order valence-corrected chi connectivity index (χ4v) is 4.08. The minimum absolute atomic E-state index is 0.0000333. The monoisotopic (exact) mass is 404 g/mol. The van der Waals surface area contributed by atoms with Crippen molar-refractivity contribution in [3.8, 4) is 17.0 Å². The van der Waals surface area contributed by atoms with Gasteiger partial charge < -0.3 is 14.2 Å². The standard InChI is InChI=1S/C24H28N4O2/c1-5-26(6-2)15-16-27-20-9-7-8-10-21(20)28-23(17(3)29)22(25-24(27)28)18-11-13-19(30-4)14-12-18/h7-14H,5-6,15-16H2,1-4H3. The SMILES string of the molecule is CCN(CC)CCn1c2ccccc2n2c(C(C)=O)c(-c3ccc(OC)cc3)nc12. The summed E-state index contributed by atoms with van der Waals surface area (Å²) in [5, 5.41) is 0. The van der Waals surface area contributed by atoms with Gasteiger partial charge in [0.2, 0.25) is 5.78 Å². The molecule has 0 bridgehead atoms. The zero-order valence-corrected chi connectivity index (χ0v) is 18.1. The second-order valence-electron chi connectivity index (χ2n) is 7.40. The van der Waals surface area contributed by atoms with E-state index >= 15 is 0 Å². The smallest absolute Gasteiger partial charge is 0.216 e. The Bertz CT molecular complexity index is 1180. The molecule has 0 aliphatic heterocycles. The summed E-state index contributed by atoms with van der Waals surface area (Å²) in [7, 11) is 1.64. The number of aromatic nitrogens is 3. The predicted molar refractivity (Wildman–Crippen MR) is 120 cm³/mol. The third kappa shape index (κ3) is 3.37. The van der Waals surface area contributed by atoms with Crippen LogP contribution in [0.3, 0.4) is 0 Å². The molecule has 0 aliphatic carbocycles. The van der Waals surface area contributed by atoms with Crippen molar-refractivity contribution in [3.05, 3.63) is 54.2 Å². The molecule has 0 radical (unpaired) electrons. The fraction of sp³-hybridized carbons (Fsp3) is 0.333. The number of carbonyl (C=O) groups excluding carboxylic acids is 1. The van der Waals surface area contributed by atoms with Crippen LogP contribution in [-0.2, 0) is 6.54 Å². The maximum absolute atomic E-state index is 12.7. The number of rotatable bonds is 8. The van der Waals surface area contributed by atoms with Crippen LogP contribution in [0.5, 0.6) is 5.75 Å². The molecule has 0 N–H and O–H groups in total. The molecule has 4 rings (SSSR count). The van der Waals surface area contributed by atoms with Crippen LogP contribution in [0.4, 0.5) is 0 Å². The molecular formula is C24H28N4O2. The van der Waals surface area contributed by atoms with E-state index in [1.165, 1.54) is 0 Å². The second kappa shape index (κ2) is 8.32. The van der Waals surface area contributed by atoms with E-state index in [2.05, 4.69) is 35.4 Å². The molecule has 0 aliphatic rings. The third-order valence-electron chi connectivity index (χ3n) is 5.75. The van der Waals surface area contributed by atoms with Crippen molar-refractivity contribution in [1.29, 1.82) is 0 Å². The number of fused-ring (bicyclic) bond motifs is 3. The van der Waals surface area contributed by atoms with E-state index in [-0.39, 0.29) is 5.78 Å². The van der Waals surface area contributed by atoms with Crippen molar-refractivity contribution < 1.29 is 9.53 Å². The number of benzene rings is 2. The lowest BCUT2D eigenvalue weighted by Crippen LogP contribution is -2.27. The molecule has 0 unspecified atom stereocenters. The molecule has 6 heteroatoms. The van der Waals surface area contributed by atoms with Crippen LogP contribution in [0.1, 0.15) is 31.3 Å². The molecule has 6 nitrogen and oxygen atoms in total. The van der Waals surface area contributed by atoms with E-state index in [0.29, 0.717) is 11.4 Å². The van der Waals surface area contributed by atoms with E-state index in [0.717, 1.165) is 54.3 Å². The zero-order chi connectivity index (χ0) is 21.3. The molecule has 2 aromatic heterocycles. The van der Waals surface area contributed by atoms with Crippen molar-refractivity contribution >= 4 is 22.6 Å². The predicted octanol–water partition coefficient (Wildman–Crippen LogP) is 4.51. The van der Waals surface area contributed by atoms with Gasteiger partial charge in [0.05, 0.1) is 18.1 Å². The maximum Gasteiger partial charge on any atom is 0.216 e. The quantitative estimate of drug-likeness (QED) is 0.406. The van der Waals surface area contributed by atoms with Gasteiger partial charge in [-0.25, -0.2) is 4.98 Å². The van der Waals surface area contributed by atoms with E-state index in [4.69, 9.17) is 9.72 Å². The molecular weight excluding hydrogens is 376 g/mol. The van der Waals surface area contributed by atoms with Crippen LogP contribution in [0.25, 0.3) is 28.1 Å². The lowest BCUT2D eigenvalue weighted by molar-refractivity contribution is 0.101. The van der Waals surface area contributed by atoms with E-state index in [1.54, 1.807) is 14.0 Å². The highest BCUT2D eigenvalue weighted by Gasteiger charge is 2.23. The van der Waals surface area contributed by atoms with Crippen LogP contribution in [0, 0.1) is 0 Å². The van der Waals surface area contributed by atoms with Gasteiger partial charge in [-0.15, -0.1) is 0 Å². The molecule has 0 amide bonds. The van der Waals surface area contributed by atoms with Crippen molar-refractivity contribution in [2.75, 3.05) is 26.7 Å². The zero-order valence-electron chi connectivity index (χ0n) is 18.1. The average molecular weight is 405 g/mol. The number of ether oxygens (including phenoxy) is 1. The Hall–Kier alpha value is -3.12. The van der Waals surface area contributed by atoms with Crippen molar-refractivity contribution in [2.24, 2.45) is 0 Å². The van der Waals surface area contributed by atoms with Crippen LogP contribution in [0.15, 0.2) is 48.5 Å². The molecule has 30 heavy (non-hydrogen) atoms. The largest absolute Gasteiger partial charge is 0.497 e. The molecule has 2 heterocycles. The molecule has 0 fully saturated rings. The lowest BCUT2D eigenvalue weighted by atomic mass is 10.1. The summed E-state index contributed by atoms with van der Waals surface area (Å²) >= 11 is 0. The summed E-state index contributed by atoms with van der Waals surface area (Å²) in [5.74, 6) is 1.58. The molecule has 4 aromatic rings. The lowest BCUT2D eigenvalue weighted by Gasteiger charge is -2.18. The summed E-state index contributed by atoms with van der Waals surface area (Å²) in [6, 6.07) is 15.9. The van der Waals surface area contributed by atoms with Gasteiger partial charge in [-0.05, 0) is 49.5 Å². The molecule has 2 aromatic carbocycles. The highest BCUT2D eigenvalue weighted by Crippen LogP contribution is 2.31. The number of para-hydroxylation sites is 2. The minimum atomic E-state index is -0.0000333. The highest BCUT2D eigenvalue weighted by molar-refractivity contribution is 6.01. The van der Waals surface area contributed by atoms with E-state index in [9.17, 15) is 4.79 Å². The third-order valence-corrected chi connectivity index (χ3v) is 5.75. The Labute approximate surface area is 176 Å². The first-order valence-electron chi connectivity index (χ1n) is 10.5. The summed E-state index contributed by atoms with van der Waals surface area (Å²) in [5.41, 5.74) is 4.33. The van der Waals surface area contributed by atoms with Crippen LogP contribution >= 0.6 is 0 Å². The first-order valence-corrected chi connectivity index (χ1v) is 10.5. The number of carbonyl (C=O) groups is 1. The van der Waals surface area contributed by atoms with Crippen molar-refractivity contribution in [3.63, 3.8) is 0 Å². The number of methoxy groups -OCH3 is 1. The van der Waals surface area contributed by atoms with Gasteiger partial charge >= 0.3 is 0 Å². The van der Waals surface area contributed by atoms with Gasteiger partial charge in [0.25, 0.3) is 0 Å². The summed E-state index contributed by atoms with van der Waals surface area (Å²) in [4.78, 5) is 20.1. The first kappa shape index (κ1) is 20.2. The van der Waals surface area contributed by atoms with Crippen molar-refractivity contribution in [2.45, 2.75) is 27.3 Å². The summed E-state index contributed by atoms with van der Waals surface area (Å²) in [6.07, 6.45) is 0. The summed E-state index contributed by atoms with van der Waals surface area (Å²) < 4.78 is 9.52. The molecule has 0 saturated carbocycles. The average Bonchev–Trinajstić information content (AvgIpc) is 3.30. The normalized spacial score (nSPS) is 11.6. The molecule has 0 spiro atoms. The number of hydrogen-bond acceptors (Lipinski definition) is 4. The molecule has 0 atom stereocenters. The highest BCUT2D eigenvalue weighted by atomic mass is 16.5. The van der Waals surface area contributed by atoms with Gasteiger partial charge in [0, 0.05) is 25.6 Å². The van der Waals surface area contributed by atoms with Crippen LogP contribution in [0.2, 0.25) is 0 Å². The number of imidazole rings is 2. The topological polar surface area (TPSA) is 51.8 Å². The molecule has 0 saturated heterocycles. The number of Topliss-reactive ketones (excluding diaryl/α,β-unsaturated/α-hetero) is 1. The van der Waals surface area contributed by atoms with Crippen LogP contribution < -0.4 is 4.74 Å². The number of likely N-dealkylation sites (N-methyl/N-ethyl adjacent to an activating group) is 1.